The van der Waals surface area contributed by atoms with Crippen LogP contribution in [0.25, 0.3) is 10.9 Å². The van der Waals surface area contributed by atoms with E-state index in [1.54, 1.807) is 4.90 Å². The molecule has 0 bridgehead atoms. The average molecular weight is 396 g/mol. The molecule has 0 atom stereocenters. The molecule has 2 N–H and O–H groups in total. The number of carbonyl (C=O) groups excluding carboxylic acids is 1. The first-order chi connectivity index (χ1) is 12.7. The Kier molecular flexibility index (Phi) is 7.87. The zero-order valence-corrected chi connectivity index (χ0v) is 16.2. The summed E-state index contributed by atoms with van der Waals surface area (Å²) in [6.07, 6.45) is 0.393. The highest BCUT2D eigenvalue weighted by Gasteiger charge is 2.24. The van der Waals surface area contributed by atoms with Gasteiger partial charge in [-0.1, -0.05) is 12.1 Å². The summed E-state index contributed by atoms with van der Waals surface area (Å²) in [5.74, 6) is 1.42. The number of benzene rings is 1. The third-order valence-electron chi connectivity index (χ3n) is 4.31. The van der Waals surface area contributed by atoms with Gasteiger partial charge in [0.05, 0.1) is 12.1 Å². The number of rotatable bonds is 6. The van der Waals surface area contributed by atoms with Crippen LogP contribution in [0, 0.1) is 0 Å². The maximum absolute atomic E-state index is 11.8. The van der Waals surface area contributed by atoms with Crippen molar-refractivity contribution in [3.8, 4) is 0 Å². The standard InChI is InChI=1S/C18H25N5O3.ClH/c1-2-26-18(25)23-11-9-22(10-12-23)17-20-15-7-4-3-6-14(15)16(21-17)19-8-5-13-24;/h3-4,6-7,24H,2,5,8-13H2,1H3,(H,19,20,21);1H. The monoisotopic (exact) mass is 395 g/mol. The Balaban J connectivity index is 0.00000261. The minimum Gasteiger partial charge on any atom is -0.450 e. The molecule has 1 aromatic carbocycles. The quantitative estimate of drug-likeness (QED) is 0.724. The van der Waals surface area contributed by atoms with Crippen molar-refractivity contribution in [2.24, 2.45) is 0 Å². The van der Waals surface area contributed by atoms with Crippen LogP contribution in [0.15, 0.2) is 24.3 Å². The van der Waals surface area contributed by atoms with Crippen LogP contribution in [-0.2, 0) is 4.74 Å². The summed E-state index contributed by atoms with van der Waals surface area (Å²) < 4.78 is 5.06. The maximum Gasteiger partial charge on any atom is 0.409 e. The fraction of sp³-hybridized carbons (Fsp3) is 0.500. The average Bonchev–Trinajstić information content (AvgIpc) is 2.68. The number of aliphatic hydroxyl groups is 1. The highest BCUT2D eigenvalue weighted by molar-refractivity contribution is 5.90. The lowest BCUT2D eigenvalue weighted by Crippen LogP contribution is -2.49. The minimum absolute atomic E-state index is 0. The second kappa shape index (κ2) is 10.1. The first-order valence-corrected chi connectivity index (χ1v) is 9.01. The molecule has 9 heteroatoms. The van der Waals surface area contributed by atoms with E-state index in [-0.39, 0.29) is 25.1 Å². The molecule has 0 saturated carbocycles. The van der Waals surface area contributed by atoms with Gasteiger partial charge >= 0.3 is 6.09 Å². The number of anilines is 2. The topological polar surface area (TPSA) is 90.8 Å². The largest absolute Gasteiger partial charge is 0.450 e. The van der Waals surface area contributed by atoms with E-state index >= 15 is 0 Å². The molecule has 1 aliphatic rings. The Morgan fingerprint density at radius 1 is 1.22 bits per heavy atom. The number of halogens is 1. The molecule has 0 unspecified atom stereocenters. The number of aromatic nitrogens is 2. The Bertz CT molecular complexity index is 753. The predicted molar refractivity (Wildman–Crippen MR) is 108 cm³/mol. The van der Waals surface area contributed by atoms with Crippen LogP contribution in [0.1, 0.15) is 13.3 Å². The minimum atomic E-state index is -0.266. The van der Waals surface area contributed by atoms with Crippen molar-refractivity contribution in [3.63, 3.8) is 0 Å². The fourth-order valence-electron chi connectivity index (χ4n) is 2.93. The van der Waals surface area contributed by atoms with E-state index in [1.165, 1.54) is 0 Å². The van der Waals surface area contributed by atoms with Crippen molar-refractivity contribution < 1.29 is 14.6 Å². The van der Waals surface area contributed by atoms with E-state index in [4.69, 9.17) is 9.84 Å². The lowest BCUT2D eigenvalue weighted by Gasteiger charge is -2.34. The summed E-state index contributed by atoms with van der Waals surface area (Å²) in [5.41, 5.74) is 0.872. The summed E-state index contributed by atoms with van der Waals surface area (Å²) in [4.78, 5) is 25.0. The number of nitrogens with zero attached hydrogens (tertiary/aromatic N) is 4. The molecule has 148 valence electrons. The summed E-state index contributed by atoms with van der Waals surface area (Å²) in [6.45, 7) is 5.47. The molecule has 0 spiro atoms. The maximum atomic E-state index is 11.8. The van der Waals surface area contributed by atoms with E-state index in [0.29, 0.717) is 51.7 Å². The fourth-order valence-corrected chi connectivity index (χ4v) is 2.93. The normalized spacial score (nSPS) is 14.0. The van der Waals surface area contributed by atoms with Gasteiger partial charge in [0.2, 0.25) is 5.95 Å². The number of ether oxygens (including phenoxy) is 1. The van der Waals surface area contributed by atoms with Crippen molar-refractivity contribution in [1.82, 2.24) is 14.9 Å². The van der Waals surface area contributed by atoms with Crippen molar-refractivity contribution in [2.75, 3.05) is 56.2 Å². The number of hydrogen-bond acceptors (Lipinski definition) is 7. The van der Waals surface area contributed by atoms with Crippen molar-refractivity contribution in [2.45, 2.75) is 13.3 Å². The number of fused-ring (bicyclic) bond motifs is 1. The van der Waals surface area contributed by atoms with Crippen LogP contribution in [0.4, 0.5) is 16.6 Å². The molecule has 1 aromatic heterocycles. The lowest BCUT2D eigenvalue weighted by atomic mass is 10.2. The third kappa shape index (κ3) is 5.11. The van der Waals surface area contributed by atoms with E-state index in [0.717, 1.165) is 16.7 Å². The zero-order chi connectivity index (χ0) is 18.4. The number of hydrogen-bond donors (Lipinski definition) is 2. The van der Waals surface area contributed by atoms with Gasteiger partial charge in [-0.25, -0.2) is 9.78 Å². The molecular formula is C18H26ClN5O3. The van der Waals surface area contributed by atoms with E-state index < -0.39 is 0 Å². The molecule has 27 heavy (non-hydrogen) atoms. The Morgan fingerprint density at radius 2 is 1.96 bits per heavy atom. The molecule has 1 fully saturated rings. The number of aliphatic hydroxyl groups excluding tert-OH is 1. The van der Waals surface area contributed by atoms with Gasteiger partial charge in [0, 0.05) is 44.7 Å². The van der Waals surface area contributed by atoms with Crippen LogP contribution < -0.4 is 10.2 Å². The molecule has 8 nitrogen and oxygen atoms in total. The highest BCUT2D eigenvalue weighted by Crippen LogP contribution is 2.24. The van der Waals surface area contributed by atoms with Crippen molar-refractivity contribution in [1.29, 1.82) is 0 Å². The van der Waals surface area contributed by atoms with Gasteiger partial charge in [0.15, 0.2) is 0 Å². The van der Waals surface area contributed by atoms with Crippen LogP contribution in [-0.4, -0.2) is 72.0 Å². The van der Waals surface area contributed by atoms with Gasteiger partial charge in [-0.3, -0.25) is 0 Å². The molecule has 2 heterocycles. The van der Waals surface area contributed by atoms with Gasteiger partial charge < -0.3 is 25.0 Å². The first kappa shape index (κ1) is 21.0. The highest BCUT2D eigenvalue weighted by atomic mass is 35.5. The molecule has 2 aromatic rings. The van der Waals surface area contributed by atoms with Gasteiger partial charge in [-0.05, 0) is 25.5 Å². The molecule has 1 aliphatic heterocycles. The molecule has 3 rings (SSSR count). The predicted octanol–water partition coefficient (Wildman–Crippen LogP) is 2.12. The zero-order valence-electron chi connectivity index (χ0n) is 15.4. The molecular weight excluding hydrogens is 370 g/mol. The molecule has 1 amide bonds. The number of nitrogens with one attached hydrogen (secondary N) is 1. The number of para-hydroxylation sites is 1. The summed E-state index contributed by atoms with van der Waals surface area (Å²) >= 11 is 0. The van der Waals surface area contributed by atoms with Crippen LogP contribution >= 0.6 is 12.4 Å². The van der Waals surface area contributed by atoms with Gasteiger partial charge in [0.25, 0.3) is 0 Å². The lowest BCUT2D eigenvalue weighted by molar-refractivity contribution is 0.105. The summed E-state index contributed by atoms with van der Waals surface area (Å²) in [6, 6.07) is 7.86. The Hall–Kier alpha value is -2.32. The van der Waals surface area contributed by atoms with Gasteiger partial charge in [-0.15, -0.1) is 12.4 Å². The summed E-state index contributed by atoms with van der Waals surface area (Å²) in [5, 5.41) is 13.2. The first-order valence-electron chi connectivity index (χ1n) is 9.01. The molecule has 1 saturated heterocycles. The Morgan fingerprint density at radius 3 is 2.67 bits per heavy atom. The van der Waals surface area contributed by atoms with E-state index in [9.17, 15) is 4.79 Å². The number of piperazine rings is 1. The van der Waals surface area contributed by atoms with Gasteiger partial charge in [-0.2, -0.15) is 4.98 Å². The van der Waals surface area contributed by atoms with Crippen LogP contribution in [0.5, 0.6) is 0 Å². The summed E-state index contributed by atoms with van der Waals surface area (Å²) in [7, 11) is 0. The second-order valence-corrected chi connectivity index (χ2v) is 6.07. The van der Waals surface area contributed by atoms with Crippen molar-refractivity contribution in [3.05, 3.63) is 24.3 Å². The van der Waals surface area contributed by atoms with Crippen molar-refractivity contribution >= 4 is 41.2 Å². The third-order valence-corrected chi connectivity index (χ3v) is 4.31. The van der Waals surface area contributed by atoms with Crippen LogP contribution in [0.2, 0.25) is 0 Å². The Labute approximate surface area is 164 Å². The van der Waals surface area contributed by atoms with E-state index in [1.807, 2.05) is 31.2 Å². The second-order valence-electron chi connectivity index (χ2n) is 6.07. The SMILES string of the molecule is CCOC(=O)N1CCN(c2nc(NCCCO)c3ccccc3n2)CC1.Cl. The number of amides is 1. The van der Waals surface area contributed by atoms with Gasteiger partial charge in [0.1, 0.15) is 5.82 Å². The molecule has 0 aliphatic carbocycles. The smallest absolute Gasteiger partial charge is 0.409 e. The van der Waals surface area contributed by atoms with E-state index in [2.05, 4.69) is 20.2 Å². The number of carbonyl (C=O) groups is 1. The van der Waals surface area contributed by atoms with Crippen LogP contribution in [0.3, 0.4) is 0 Å². The molecule has 0 radical (unpaired) electrons.